The van der Waals surface area contributed by atoms with Crippen molar-refractivity contribution in [2.24, 2.45) is 7.05 Å². The summed E-state index contributed by atoms with van der Waals surface area (Å²) < 4.78 is 13.0. The Morgan fingerprint density at radius 3 is 2.89 bits per heavy atom. The van der Waals surface area contributed by atoms with Crippen molar-refractivity contribution < 1.29 is 14.3 Å². The van der Waals surface area contributed by atoms with Crippen LogP contribution in [-0.4, -0.2) is 34.4 Å². The first-order chi connectivity index (χ1) is 13.1. The number of rotatable bonds is 4. The van der Waals surface area contributed by atoms with E-state index in [0.29, 0.717) is 47.0 Å². The van der Waals surface area contributed by atoms with Crippen LogP contribution >= 0.6 is 11.8 Å². The molecular formula is C19H19N3O4S. The molecule has 140 valence electrons. The minimum absolute atomic E-state index is 0.136. The Morgan fingerprint density at radius 1 is 1.33 bits per heavy atom. The Hall–Kier alpha value is -2.74. The largest absolute Gasteiger partial charge is 0.486 e. The lowest BCUT2D eigenvalue weighted by molar-refractivity contribution is -0.116. The highest BCUT2D eigenvalue weighted by Gasteiger charge is 2.32. The fourth-order valence-corrected chi connectivity index (χ4v) is 4.06. The third-order valence-electron chi connectivity index (χ3n) is 4.60. The second kappa shape index (κ2) is 7.11. The van der Waals surface area contributed by atoms with Crippen molar-refractivity contribution in [2.75, 3.05) is 24.3 Å². The van der Waals surface area contributed by atoms with Crippen LogP contribution in [0.5, 0.6) is 11.5 Å². The summed E-state index contributed by atoms with van der Waals surface area (Å²) in [6.07, 6.45) is 1.93. The van der Waals surface area contributed by atoms with Crippen molar-refractivity contribution >= 4 is 23.5 Å². The number of nitrogens with one attached hydrogen (secondary N) is 1. The average molecular weight is 385 g/mol. The molecule has 0 bridgehead atoms. The number of carbonyl (C=O) groups excluding carboxylic acids is 1. The average Bonchev–Trinajstić information content (AvgIpc) is 2.68. The minimum Gasteiger partial charge on any atom is -0.486 e. The van der Waals surface area contributed by atoms with Gasteiger partial charge in [-0.05, 0) is 17.7 Å². The maximum atomic E-state index is 12.8. The van der Waals surface area contributed by atoms with Gasteiger partial charge in [0.25, 0.3) is 5.56 Å². The molecule has 0 spiro atoms. The van der Waals surface area contributed by atoms with E-state index in [4.69, 9.17) is 9.47 Å². The van der Waals surface area contributed by atoms with Gasteiger partial charge < -0.3 is 19.4 Å². The smallest absolute Gasteiger partial charge is 0.279 e. The van der Waals surface area contributed by atoms with Crippen LogP contribution in [0.15, 0.2) is 40.8 Å². The van der Waals surface area contributed by atoms with Crippen molar-refractivity contribution in [1.82, 2.24) is 9.55 Å². The van der Waals surface area contributed by atoms with Crippen LogP contribution in [-0.2, 0) is 11.8 Å². The SMILES string of the molecule is C=CCSc1nc(=O)c2c(n1C)NC(=O)C[C@H]2c1ccc2c(c1)OCCO2. The number of hydrogen-bond acceptors (Lipinski definition) is 6. The van der Waals surface area contributed by atoms with Gasteiger partial charge in [0.15, 0.2) is 16.7 Å². The maximum absolute atomic E-state index is 12.8. The predicted octanol–water partition coefficient (Wildman–Crippen LogP) is 2.30. The molecule has 1 aromatic heterocycles. The van der Waals surface area contributed by atoms with E-state index >= 15 is 0 Å². The number of nitrogens with zero attached hydrogens (tertiary/aromatic N) is 2. The van der Waals surface area contributed by atoms with Crippen LogP contribution in [0.25, 0.3) is 0 Å². The molecule has 1 amide bonds. The first kappa shape index (κ1) is 17.7. The molecule has 0 radical (unpaired) electrons. The van der Waals surface area contributed by atoms with E-state index in [1.807, 2.05) is 18.2 Å². The number of carbonyl (C=O) groups is 1. The van der Waals surface area contributed by atoms with Crippen molar-refractivity contribution in [3.05, 3.63) is 52.3 Å². The molecule has 0 aliphatic carbocycles. The van der Waals surface area contributed by atoms with Gasteiger partial charge in [0.05, 0.1) is 5.56 Å². The lowest BCUT2D eigenvalue weighted by atomic mass is 9.86. The van der Waals surface area contributed by atoms with Gasteiger partial charge in [-0.2, -0.15) is 4.98 Å². The first-order valence-electron chi connectivity index (χ1n) is 8.62. The Morgan fingerprint density at radius 2 is 2.11 bits per heavy atom. The van der Waals surface area contributed by atoms with E-state index in [1.54, 1.807) is 17.7 Å². The number of hydrogen-bond donors (Lipinski definition) is 1. The van der Waals surface area contributed by atoms with Crippen LogP contribution in [0.4, 0.5) is 5.82 Å². The summed E-state index contributed by atoms with van der Waals surface area (Å²) >= 11 is 1.40. The highest BCUT2D eigenvalue weighted by atomic mass is 32.2. The van der Waals surface area contributed by atoms with E-state index < -0.39 is 0 Å². The minimum atomic E-state index is -0.380. The molecule has 27 heavy (non-hydrogen) atoms. The standard InChI is InChI=1S/C19H19N3O4S/c1-3-8-27-19-21-18(24)16-12(10-15(23)20-17(16)22(19)2)11-4-5-13-14(9-11)26-7-6-25-13/h3-5,9,12H,1,6-8,10H2,2H3,(H,20,23)/t12-/m0/s1. The molecule has 0 unspecified atom stereocenters. The van der Waals surface area contributed by atoms with Gasteiger partial charge >= 0.3 is 0 Å². The highest BCUT2D eigenvalue weighted by Crippen LogP contribution is 2.39. The van der Waals surface area contributed by atoms with E-state index in [-0.39, 0.29) is 23.8 Å². The molecule has 2 aliphatic rings. The molecule has 1 N–H and O–H groups in total. The molecule has 4 rings (SSSR count). The van der Waals surface area contributed by atoms with Crippen molar-refractivity contribution in [1.29, 1.82) is 0 Å². The molecule has 0 saturated carbocycles. The molecule has 8 heteroatoms. The van der Waals surface area contributed by atoms with Crippen molar-refractivity contribution in [3.63, 3.8) is 0 Å². The van der Waals surface area contributed by atoms with Crippen molar-refractivity contribution in [3.8, 4) is 11.5 Å². The van der Waals surface area contributed by atoms with Crippen LogP contribution < -0.4 is 20.3 Å². The number of amides is 1. The first-order valence-corrected chi connectivity index (χ1v) is 9.61. The number of thioether (sulfide) groups is 1. The summed E-state index contributed by atoms with van der Waals surface area (Å²) in [5.41, 5.74) is 1.01. The van der Waals surface area contributed by atoms with Crippen LogP contribution in [0.2, 0.25) is 0 Å². The Balaban J connectivity index is 1.81. The monoisotopic (exact) mass is 385 g/mol. The molecule has 0 saturated heterocycles. The number of ether oxygens (including phenoxy) is 2. The molecule has 2 aliphatic heterocycles. The summed E-state index contributed by atoms with van der Waals surface area (Å²) in [6.45, 7) is 4.67. The number of anilines is 1. The summed E-state index contributed by atoms with van der Waals surface area (Å²) in [5, 5.41) is 3.38. The lowest BCUT2D eigenvalue weighted by Gasteiger charge is -2.28. The van der Waals surface area contributed by atoms with Gasteiger partial charge in [-0.25, -0.2) is 0 Å². The van der Waals surface area contributed by atoms with Crippen LogP contribution in [0.3, 0.4) is 0 Å². The second-order valence-electron chi connectivity index (χ2n) is 6.33. The number of fused-ring (bicyclic) bond motifs is 2. The van der Waals surface area contributed by atoms with Gasteiger partial charge in [-0.1, -0.05) is 23.9 Å². The van der Waals surface area contributed by atoms with Crippen molar-refractivity contribution in [2.45, 2.75) is 17.5 Å². The fourth-order valence-electron chi connectivity index (χ4n) is 3.36. The molecule has 2 aromatic rings. The van der Waals surface area contributed by atoms with Gasteiger partial charge in [-0.15, -0.1) is 6.58 Å². The molecule has 1 aromatic carbocycles. The summed E-state index contributed by atoms with van der Waals surface area (Å²) in [6, 6.07) is 5.55. The van der Waals surface area contributed by atoms with Gasteiger partial charge in [0.1, 0.15) is 19.0 Å². The normalized spacial score (nSPS) is 17.8. The molecule has 0 fully saturated rings. The molecular weight excluding hydrogens is 366 g/mol. The Kier molecular flexibility index (Phi) is 4.65. The van der Waals surface area contributed by atoms with E-state index in [1.165, 1.54) is 11.8 Å². The van der Waals surface area contributed by atoms with Crippen LogP contribution in [0, 0.1) is 0 Å². The summed E-state index contributed by atoms with van der Waals surface area (Å²) in [5.74, 6) is 1.91. The Labute approximate surface area is 160 Å². The quantitative estimate of drug-likeness (QED) is 0.494. The molecule has 7 nitrogen and oxygen atoms in total. The van der Waals surface area contributed by atoms with E-state index in [0.717, 1.165) is 5.56 Å². The van der Waals surface area contributed by atoms with E-state index in [9.17, 15) is 9.59 Å². The number of benzene rings is 1. The Bertz CT molecular complexity index is 986. The summed E-state index contributed by atoms with van der Waals surface area (Å²) in [7, 11) is 1.79. The molecule has 3 heterocycles. The van der Waals surface area contributed by atoms with Gasteiger partial charge in [0.2, 0.25) is 5.91 Å². The van der Waals surface area contributed by atoms with Crippen LogP contribution in [0.1, 0.15) is 23.5 Å². The molecule has 1 atom stereocenters. The third-order valence-corrected chi connectivity index (χ3v) is 5.63. The van der Waals surface area contributed by atoms with Gasteiger partial charge in [-0.3, -0.25) is 9.59 Å². The summed E-state index contributed by atoms with van der Waals surface area (Å²) in [4.78, 5) is 29.4. The maximum Gasteiger partial charge on any atom is 0.279 e. The number of aromatic nitrogens is 2. The fraction of sp³-hybridized carbons (Fsp3) is 0.316. The topological polar surface area (TPSA) is 82.5 Å². The second-order valence-corrected chi connectivity index (χ2v) is 7.32. The lowest BCUT2D eigenvalue weighted by Crippen LogP contribution is -2.33. The zero-order valence-electron chi connectivity index (χ0n) is 14.9. The van der Waals surface area contributed by atoms with Gasteiger partial charge in [0, 0.05) is 25.1 Å². The van der Waals surface area contributed by atoms with E-state index in [2.05, 4.69) is 16.9 Å². The predicted molar refractivity (Wildman–Crippen MR) is 103 cm³/mol. The zero-order chi connectivity index (χ0) is 19.0. The third kappa shape index (κ3) is 3.21. The highest BCUT2D eigenvalue weighted by molar-refractivity contribution is 7.99. The zero-order valence-corrected chi connectivity index (χ0v) is 15.7.